The van der Waals surface area contributed by atoms with Crippen molar-refractivity contribution in [2.45, 2.75) is 0 Å². The summed E-state index contributed by atoms with van der Waals surface area (Å²) in [6, 6.07) is 59.7. The zero-order valence-corrected chi connectivity index (χ0v) is 25.0. The molecule has 0 bridgehead atoms. The molecule has 0 saturated heterocycles. The Hall–Kier alpha value is -6.19. The Morgan fingerprint density at radius 2 is 0.848 bits per heavy atom. The van der Waals surface area contributed by atoms with Crippen LogP contribution in [0.2, 0.25) is 0 Å². The maximum Gasteiger partial charge on any atom is 0.227 e. The van der Waals surface area contributed by atoms with Crippen LogP contribution in [-0.4, -0.2) is 4.98 Å². The fraction of sp³-hybridized carbons (Fsp3) is 0. The maximum atomic E-state index is 6.44. The van der Waals surface area contributed by atoms with Crippen LogP contribution in [0.1, 0.15) is 0 Å². The van der Waals surface area contributed by atoms with Gasteiger partial charge in [-0.25, -0.2) is 4.98 Å². The summed E-state index contributed by atoms with van der Waals surface area (Å²) in [5.74, 6) is 1.48. The monoisotopic (exact) mass is 588 g/mol. The quantitative estimate of drug-likeness (QED) is 0.193. The molecule has 0 unspecified atom stereocenters. The first kappa shape index (κ1) is 26.2. The van der Waals surface area contributed by atoms with Crippen LogP contribution in [0.4, 0.5) is 17.1 Å². The van der Waals surface area contributed by atoms with E-state index in [0.29, 0.717) is 5.89 Å². The second kappa shape index (κ2) is 10.8. The first-order chi connectivity index (χ1) is 22.8. The van der Waals surface area contributed by atoms with Crippen molar-refractivity contribution in [3.63, 3.8) is 0 Å². The summed E-state index contributed by atoms with van der Waals surface area (Å²) in [5.41, 5.74) is 12.1. The molecule has 0 spiro atoms. The number of nitrogens with zero attached hydrogens (tertiary/aromatic N) is 2. The van der Waals surface area contributed by atoms with Crippen LogP contribution in [-0.2, 0) is 0 Å². The average molecular weight is 589 g/mol. The van der Waals surface area contributed by atoms with Gasteiger partial charge < -0.3 is 9.32 Å². The van der Waals surface area contributed by atoms with Crippen LogP contribution in [0.25, 0.3) is 67.1 Å². The van der Waals surface area contributed by atoms with Gasteiger partial charge in [-0.1, -0.05) is 121 Å². The largest absolute Gasteiger partial charge is 0.435 e. The summed E-state index contributed by atoms with van der Waals surface area (Å²) in [5, 5.41) is 2.43. The number of anilines is 3. The van der Waals surface area contributed by atoms with Crippen molar-refractivity contribution >= 4 is 27.8 Å². The molecule has 1 aliphatic carbocycles. The molecule has 3 heteroatoms. The molecule has 7 aromatic carbocycles. The van der Waals surface area contributed by atoms with E-state index in [2.05, 4.69) is 163 Å². The van der Waals surface area contributed by atoms with Crippen LogP contribution in [0.5, 0.6) is 0 Å². The van der Waals surface area contributed by atoms with Crippen molar-refractivity contribution < 1.29 is 4.42 Å². The molecule has 0 atom stereocenters. The molecular formula is C43H28N2O. The number of benzene rings is 7. The number of rotatable bonds is 6. The Labute approximate surface area is 267 Å². The first-order valence-electron chi connectivity index (χ1n) is 15.5. The molecule has 0 saturated carbocycles. The number of hydrogen-bond donors (Lipinski definition) is 0. The van der Waals surface area contributed by atoms with Crippen LogP contribution in [0.15, 0.2) is 174 Å². The highest BCUT2D eigenvalue weighted by Gasteiger charge is 2.27. The highest BCUT2D eigenvalue weighted by atomic mass is 16.4. The smallest absolute Gasteiger partial charge is 0.227 e. The Morgan fingerprint density at radius 1 is 0.391 bits per heavy atom. The van der Waals surface area contributed by atoms with Gasteiger partial charge >= 0.3 is 0 Å². The molecule has 3 nitrogen and oxygen atoms in total. The Bertz CT molecular complexity index is 2180. The fourth-order valence-electron chi connectivity index (χ4n) is 6.60. The molecule has 1 aliphatic rings. The van der Waals surface area contributed by atoms with Crippen LogP contribution in [0.3, 0.4) is 0 Å². The van der Waals surface area contributed by atoms with Crippen molar-refractivity contribution in [3.05, 3.63) is 170 Å². The SMILES string of the molecule is c1ccc(-c2ccc(N(c3ccc(-c4ccccc4)cc3)c3ccc(-c4nc5c(o4)-c4cccc6cccc-5c46)cc3)cc2)cc1. The van der Waals surface area contributed by atoms with Gasteiger partial charge in [-0.05, 0) is 76.2 Å². The molecule has 9 rings (SSSR count). The van der Waals surface area contributed by atoms with E-state index in [-0.39, 0.29) is 0 Å². The van der Waals surface area contributed by atoms with Crippen LogP contribution >= 0.6 is 0 Å². The zero-order chi connectivity index (χ0) is 30.5. The van der Waals surface area contributed by atoms with Gasteiger partial charge in [-0.3, -0.25) is 0 Å². The third kappa shape index (κ3) is 4.41. The predicted molar refractivity (Wildman–Crippen MR) is 189 cm³/mol. The summed E-state index contributed by atoms with van der Waals surface area (Å²) >= 11 is 0. The standard InChI is InChI=1S/C43H28N2O/c1-3-9-29(10-4-1)31-17-23-35(24-18-31)45(36-25-19-32(20-26-36)30-11-5-2-6-12-30)37-27-21-34(22-28-37)43-44-41-38-15-7-13-33-14-8-16-39(40(33)38)42(41)46-43/h1-28H. The van der Waals surface area contributed by atoms with Crippen molar-refractivity contribution in [2.24, 2.45) is 0 Å². The molecule has 0 aliphatic heterocycles. The average Bonchev–Trinajstić information content (AvgIpc) is 3.70. The van der Waals surface area contributed by atoms with Gasteiger partial charge in [0.2, 0.25) is 5.89 Å². The number of aromatic nitrogens is 1. The van der Waals surface area contributed by atoms with E-state index >= 15 is 0 Å². The fourth-order valence-corrected chi connectivity index (χ4v) is 6.60. The predicted octanol–water partition coefficient (Wildman–Crippen LogP) is 11.9. The summed E-state index contributed by atoms with van der Waals surface area (Å²) in [6.45, 7) is 0. The Kier molecular flexibility index (Phi) is 6.14. The molecule has 0 N–H and O–H groups in total. The normalized spacial score (nSPS) is 11.5. The molecule has 1 aromatic heterocycles. The molecule has 216 valence electrons. The lowest BCUT2D eigenvalue weighted by atomic mass is 10.0. The highest BCUT2D eigenvalue weighted by Crippen LogP contribution is 2.48. The van der Waals surface area contributed by atoms with Gasteiger partial charge in [0.05, 0.1) is 0 Å². The third-order valence-corrected chi connectivity index (χ3v) is 8.87. The minimum Gasteiger partial charge on any atom is -0.435 e. The molecule has 1 heterocycles. The minimum absolute atomic E-state index is 0.633. The lowest BCUT2D eigenvalue weighted by Crippen LogP contribution is -2.09. The summed E-state index contributed by atoms with van der Waals surface area (Å²) in [6.07, 6.45) is 0. The third-order valence-electron chi connectivity index (χ3n) is 8.87. The molecule has 8 aromatic rings. The van der Waals surface area contributed by atoms with Gasteiger partial charge in [0.1, 0.15) is 5.69 Å². The minimum atomic E-state index is 0.633. The topological polar surface area (TPSA) is 29.3 Å². The van der Waals surface area contributed by atoms with E-state index in [4.69, 9.17) is 9.40 Å². The van der Waals surface area contributed by atoms with Gasteiger partial charge in [0.15, 0.2) is 5.76 Å². The van der Waals surface area contributed by atoms with E-state index < -0.39 is 0 Å². The number of hydrogen-bond acceptors (Lipinski definition) is 3. The summed E-state index contributed by atoms with van der Waals surface area (Å²) < 4.78 is 6.44. The lowest BCUT2D eigenvalue weighted by molar-refractivity contribution is 0.590. The molecule has 0 amide bonds. The second-order valence-corrected chi connectivity index (χ2v) is 11.6. The Balaban J connectivity index is 1.08. The first-order valence-corrected chi connectivity index (χ1v) is 15.5. The van der Waals surface area contributed by atoms with Crippen molar-refractivity contribution in [2.75, 3.05) is 4.90 Å². The van der Waals surface area contributed by atoms with E-state index in [0.717, 1.165) is 45.2 Å². The molecular weight excluding hydrogens is 560 g/mol. The van der Waals surface area contributed by atoms with Crippen molar-refractivity contribution in [1.29, 1.82) is 0 Å². The number of fused-ring (bicyclic) bond motifs is 3. The van der Waals surface area contributed by atoms with E-state index in [9.17, 15) is 0 Å². The summed E-state index contributed by atoms with van der Waals surface area (Å²) in [7, 11) is 0. The second-order valence-electron chi connectivity index (χ2n) is 11.6. The van der Waals surface area contributed by atoms with Crippen molar-refractivity contribution in [3.8, 4) is 56.3 Å². The van der Waals surface area contributed by atoms with E-state index in [1.165, 1.54) is 33.0 Å². The summed E-state index contributed by atoms with van der Waals surface area (Å²) in [4.78, 5) is 7.28. The van der Waals surface area contributed by atoms with Gasteiger partial charge in [0.25, 0.3) is 0 Å². The van der Waals surface area contributed by atoms with E-state index in [1.807, 2.05) is 12.1 Å². The highest BCUT2D eigenvalue weighted by molar-refractivity contribution is 6.13. The maximum absolute atomic E-state index is 6.44. The van der Waals surface area contributed by atoms with Gasteiger partial charge in [-0.2, -0.15) is 0 Å². The molecule has 0 fully saturated rings. The molecule has 46 heavy (non-hydrogen) atoms. The zero-order valence-electron chi connectivity index (χ0n) is 25.0. The van der Waals surface area contributed by atoms with Crippen LogP contribution in [0, 0.1) is 0 Å². The number of oxazole rings is 1. The van der Waals surface area contributed by atoms with E-state index in [1.54, 1.807) is 0 Å². The molecule has 0 radical (unpaired) electrons. The van der Waals surface area contributed by atoms with Gasteiger partial charge in [-0.15, -0.1) is 0 Å². The van der Waals surface area contributed by atoms with Crippen LogP contribution < -0.4 is 4.90 Å². The lowest BCUT2D eigenvalue weighted by Gasteiger charge is -2.26. The van der Waals surface area contributed by atoms with Crippen molar-refractivity contribution in [1.82, 2.24) is 4.98 Å². The van der Waals surface area contributed by atoms with Gasteiger partial charge in [0, 0.05) is 39.1 Å². The Morgan fingerprint density at radius 3 is 1.37 bits per heavy atom.